The van der Waals surface area contributed by atoms with Crippen molar-refractivity contribution in [1.82, 2.24) is 0 Å². The second-order valence-corrected chi connectivity index (χ2v) is 7.27. The van der Waals surface area contributed by atoms with Crippen LogP contribution in [0.25, 0.3) is 0 Å². The van der Waals surface area contributed by atoms with Crippen LogP contribution in [0.2, 0.25) is 0 Å². The van der Waals surface area contributed by atoms with E-state index in [0.717, 1.165) is 11.3 Å². The highest BCUT2D eigenvalue weighted by molar-refractivity contribution is 7.89. The summed E-state index contributed by atoms with van der Waals surface area (Å²) in [6.07, 6.45) is 0.432. The van der Waals surface area contributed by atoms with E-state index in [2.05, 4.69) is 4.99 Å². The molecule has 0 fully saturated rings. The van der Waals surface area contributed by atoms with E-state index in [1.807, 2.05) is 30.3 Å². The minimum atomic E-state index is -3.74. The Kier molecular flexibility index (Phi) is 6.00. The summed E-state index contributed by atoms with van der Waals surface area (Å²) in [5.74, 6) is -0.274. The van der Waals surface area contributed by atoms with Crippen LogP contribution in [0.1, 0.15) is 24.8 Å². The van der Waals surface area contributed by atoms with E-state index in [-0.39, 0.29) is 22.3 Å². The van der Waals surface area contributed by atoms with Gasteiger partial charge in [0.15, 0.2) is 0 Å². The number of nitro groups is 1. The van der Waals surface area contributed by atoms with Crippen LogP contribution in [-0.2, 0) is 10.0 Å². The van der Waals surface area contributed by atoms with Gasteiger partial charge in [0, 0.05) is 10.6 Å². The largest absolute Gasteiger partial charge is 0.265 e. The third-order valence-corrected chi connectivity index (χ3v) is 4.60. The number of hydrogen-bond acceptors (Lipinski definition) is 5. The molecule has 0 aliphatic heterocycles. The fourth-order valence-electron chi connectivity index (χ4n) is 2.53. The van der Waals surface area contributed by atoms with Crippen LogP contribution >= 0.6 is 0 Å². The predicted molar refractivity (Wildman–Crippen MR) is 96.2 cm³/mol. The monoisotopic (exact) mass is 361 g/mol. The van der Waals surface area contributed by atoms with Crippen molar-refractivity contribution in [2.75, 3.05) is 6.54 Å². The van der Waals surface area contributed by atoms with Gasteiger partial charge >= 0.3 is 0 Å². The number of aliphatic imine (C=N–C) groups is 1. The topological polar surface area (TPSA) is 116 Å². The minimum Gasteiger partial charge on any atom is -0.265 e. The maximum absolute atomic E-state index is 11.2. The maximum atomic E-state index is 11.2. The van der Waals surface area contributed by atoms with Gasteiger partial charge in [-0.25, -0.2) is 13.6 Å². The zero-order valence-electron chi connectivity index (χ0n) is 13.7. The van der Waals surface area contributed by atoms with E-state index in [0.29, 0.717) is 12.1 Å². The average molecular weight is 361 g/mol. The molecule has 0 heterocycles. The Morgan fingerprint density at radius 3 is 2.28 bits per heavy atom. The van der Waals surface area contributed by atoms with E-state index in [1.54, 1.807) is 19.1 Å². The zero-order valence-corrected chi connectivity index (χ0v) is 14.5. The molecule has 0 aliphatic carbocycles. The molecule has 0 bridgehead atoms. The van der Waals surface area contributed by atoms with Crippen LogP contribution in [0, 0.1) is 10.1 Å². The first kappa shape index (κ1) is 18.8. The summed E-state index contributed by atoms with van der Waals surface area (Å²) < 4.78 is 22.5. The smallest absolute Gasteiger partial charge is 0.238 e. The Morgan fingerprint density at radius 2 is 1.76 bits per heavy atom. The van der Waals surface area contributed by atoms with Gasteiger partial charge in [-0.15, -0.1) is 0 Å². The molecular weight excluding hydrogens is 342 g/mol. The van der Waals surface area contributed by atoms with Crippen molar-refractivity contribution >= 4 is 21.4 Å². The van der Waals surface area contributed by atoms with Gasteiger partial charge in [0.1, 0.15) is 0 Å². The van der Waals surface area contributed by atoms with Gasteiger partial charge in [0.25, 0.3) is 0 Å². The van der Waals surface area contributed by atoms with E-state index < -0.39 is 10.0 Å². The molecule has 7 nitrogen and oxygen atoms in total. The molecule has 0 aromatic heterocycles. The summed E-state index contributed by atoms with van der Waals surface area (Å²) >= 11 is 0. The van der Waals surface area contributed by atoms with Crippen molar-refractivity contribution in [2.45, 2.75) is 24.2 Å². The second kappa shape index (κ2) is 8.00. The lowest BCUT2D eigenvalue weighted by molar-refractivity contribution is -0.483. The fourth-order valence-corrected chi connectivity index (χ4v) is 3.04. The van der Waals surface area contributed by atoms with Crippen LogP contribution < -0.4 is 5.14 Å². The predicted octanol–water partition coefficient (Wildman–Crippen LogP) is 2.88. The average Bonchev–Trinajstić information content (AvgIpc) is 2.54. The van der Waals surface area contributed by atoms with Gasteiger partial charge in [-0.1, -0.05) is 30.3 Å². The Hall–Kier alpha value is -2.58. The molecule has 0 spiro atoms. The van der Waals surface area contributed by atoms with Crippen LogP contribution in [0.5, 0.6) is 0 Å². The molecule has 2 aromatic rings. The Labute approximate surface area is 146 Å². The summed E-state index contributed by atoms with van der Waals surface area (Å²) in [4.78, 5) is 15.1. The maximum Gasteiger partial charge on any atom is 0.238 e. The molecule has 25 heavy (non-hydrogen) atoms. The van der Waals surface area contributed by atoms with Crippen molar-refractivity contribution in [3.63, 3.8) is 0 Å². The van der Waals surface area contributed by atoms with Gasteiger partial charge in [-0.05, 0) is 43.2 Å². The molecule has 0 unspecified atom stereocenters. The normalized spacial score (nSPS) is 13.4. The summed E-state index contributed by atoms with van der Waals surface area (Å²) in [5.41, 5.74) is 2.18. The van der Waals surface area contributed by atoms with Crippen LogP contribution in [-0.4, -0.2) is 25.6 Å². The molecule has 2 N–H and O–H groups in total. The summed E-state index contributed by atoms with van der Waals surface area (Å²) in [7, 11) is -3.74. The standard InChI is InChI=1S/C17H19N3O4S/c1-13(19-16-7-9-17(10-8-16)25(18,23)24)11-15(12-20(21)22)14-5-3-2-4-6-14/h2-10,15H,11-12H2,1H3,(H2,18,23,24)/t15-/m0/s1. The molecule has 2 aromatic carbocycles. The lowest BCUT2D eigenvalue weighted by atomic mass is 9.94. The van der Waals surface area contributed by atoms with Crippen molar-refractivity contribution < 1.29 is 13.3 Å². The van der Waals surface area contributed by atoms with Crippen molar-refractivity contribution in [1.29, 1.82) is 0 Å². The first-order valence-corrected chi connectivity index (χ1v) is 9.14. The van der Waals surface area contributed by atoms with Gasteiger partial charge in [-0.2, -0.15) is 0 Å². The number of sulfonamides is 1. The number of rotatable bonds is 7. The van der Waals surface area contributed by atoms with E-state index in [1.165, 1.54) is 12.1 Å². The highest BCUT2D eigenvalue weighted by Crippen LogP contribution is 2.22. The lowest BCUT2D eigenvalue weighted by Gasteiger charge is -2.13. The Bertz CT molecular complexity index is 863. The number of nitrogens with zero attached hydrogens (tertiary/aromatic N) is 2. The molecule has 0 saturated heterocycles. The fraction of sp³-hybridized carbons (Fsp3) is 0.235. The van der Waals surface area contributed by atoms with Gasteiger partial charge in [0.2, 0.25) is 16.6 Å². The van der Waals surface area contributed by atoms with Crippen LogP contribution in [0.3, 0.4) is 0 Å². The highest BCUT2D eigenvalue weighted by atomic mass is 32.2. The Balaban J connectivity index is 2.18. The third-order valence-electron chi connectivity index (χ3n) is 3.67. The lowest BCUT2D eigenvalue weighted by Crippen LogP contribution is -2.15. The number of primary sulfonamides is 1. The van der Waals surface area contributed by atoms with Gasteiger partial charge in [0.05, 0.1) is 16.5 Å². The molecule has 0 radical (unpaired) electrons. The van der Waals surface area contributed by atoms with Crippen molar-refractivity contribution in [3.8, 4) is 0 Å². The Morgan fingerprint density at radius 1 is 1.16 bits per heavy atom. The van der Waals surface area contributed by atoms with E-state index in [9.17, 15) is 18.5 Å². The number of nitrogens with two attached hydrogens (primary N) is 1. The molecule has 2 rings (SSSR count). The minimum absolute atomic E-state index is 0.0135. The third kappa shape index (κ3) is 5.77. The first-order valence-electron chi connectivity index (χ1n) is 7.59. The van der Waals surface area contributed by atoms with E-state index >= 15 is 0 Å². The molecule has 132 valence electrons. The zero-order chi connectivity index (χ0) is 18.4. The molecule has 0 amide bonds. The van der Waals surface area contributed by atoms with Crippen molar-refractivity contribution in [3.05, 3.63) is 70.3 Å². The molecular formula is C17H19N3O4S. The van der Waals surface area contributed by atoms with Crippen molar-refractivity contribution in [2.24, 2.45) is 10.1 Å². The first-order chi connectivity index (χ1) is 11.8. The van der Waals surface area contributed by atoms with E-state index in [4.69, 9.17) is 5.14 Å². The molecule has 8 heteroatoms. The summed E-state index contributed by atoms with van der Waals surface area (Å²) in [6.45, 7) is 1.62. The van der Waals surface area contributed by atoms with Crippen LogP contribution in [0.15, 0.2) is 64.5 Å². The van der Waals surface area contributed by atoms with Crippen LogP contribution in [0.4, 0.5) is 5.69 Å². The van der Waals surface area contributed by atoms with Gasteiger partial charge < -0.3 is 0 Å². The summed E-state index contributed by atoms with van der Waals surface area (Å²) in [6, 6.07) is 15.1. The molecule has 0 saturated carbocycles. The van der Waals surface area contributed by atoms with Gasteiger partial charge in [-0.3, -0.25) is 15.1 Å². The highest BCUT2D eigenvalue weighted by Gasteiger charge is 2.18. The SMILES string of the molecule is CC(C[C@@H](C[N+](=O)[O-])c1ccccc1)=Nc1ccc(S(N)(=O)=O)cc1. The molecule has 0 aliphatic rings. The number of benzene rings is 2. The summed E-state index contributed by atoms with van der Waals surface area (Å²) in [5, 5.41) is 16.0. The second-order valence-electron chi connectivity index (χ2n) is 5.71. The number of hydrogen-bond donors (Lipinski definition) is 1. The molecule has 1 atom stereocenters. The quantitative estimate of drug-likeness (QED) is 0.463.